The van der Waals surface area contributed by atoms with Gasteiger partial charge in [0.2, 0.25) is 0 Å². The first-order chi connectivity index (χ1) is 12.9. The third-order valence-electron chi connectivity index (χ3n) is 3.98. The van der Waals surface area contributed by atoms with Crippen LogP contribution in [-0.2, 0) is 13.1 Å². The molecule has 0 aliphatic heterocycles. The first-order valence-corrected chi connectivity index (χ1v) is 9.22. The van der Waals surface area contributed by atoms with Crippen molar-refractivity contribution in [3.8, 4) is 5.75 Å². The molecule has 7 heteroatoms. The van der Waals surface area contributed by atoms with Gasteiger partial charge in [-0.15, -0.1) is 24.0 Å². The Labute approximate surface area is 185 Å². The summed E-state index contributed by atoms with van der Waals surface area (Å²) in [5.74, 6) is 2.60. The Morgan fingerprint density at radius 1 is 1.14 bits per heavy atom. The van der Waals surface area contributed by atoms with Crippen molar-refractivity contribution in [2.45, 2.75) is 40.0 Å². The normalized spacial score (nSPS) is 11.0. The highest BCUT2D eigenvalue weighted by Gasteiger charge is 2.08. The van der Waals surface area contributed by atoms with Gasteiger partial charge in [-0.2, -0.15) is 0 Å². The van der Waals surface area contributed by atoms with Gasteiger partial charge in [0.25, 0.3) is 0 Å². The second-order valence-corrected chi connectivity index (χ2v) is 6.97. The van der Waals surface area contributed by atoms with Gasteiger partial charge in [-0.1, -0.05) is 12.1 Å². The molecule has 0 spiro atoms. The number of nitrogens with one attached hydrogen (secondary N) is 2. The molecule has 1 aromatic heterocycles. The summed E-state index contributed by atoms with van der Waals surface area (Å²) >= 11 is 0. The van der Waals surface area contributed by atoms with Crippen molar-refractivity contribution in [2.24, 2.45) is 4.99 Å². The lowest BCUT2D eigenvalue weighted by Crippen LogP contribution is -2.36. The fourth-order valence-electron chi connectivity index (χ4n) is 2.57. The topological polar surface area (TPSA) is 61.8 Å². The monoisotopic (exact) mass is 497 g/mol. The molecule has 0 amide bonds. The van der Waals surface area contributed by atoms with E-state index in [9.17, 15) is 0 Å². The number of halogens is 1. The molecule has 0 fully saturated rings. The van der Waals surface area contributed by atoms with Gasteiger partial charge >= 0.3 is 0 Å². The maximum Gasteiger partial charge on any atom is 0.191 e. The number of ether oxygens (including phenoxy) is 1. The molecule has 0 radical (unpaired) electrons. The van der Waals surface area contributed by atoms with Gasteiger partial charge in [0.15, 0.2) is 5.96 Å². The van der Waals surface area contributed by atoms with Crippen molar-refractivity contribution in [1.29, 1.82) is 0 Å². The van der Waals surface area contributed by atoms with E-state index < -0.39 is 0 Å². The Bertz CT molecular complexity index is 777. The Kier molecular flexibility index (Phi) is 10.1. The predicted octanol–water partition coefficient (Wildman–Crippen LogP) is 3.73. The highest BCUT2D eigenvalue weighted by Crippen LogP contribution is 2.21. The highest BCUT2D eigenvalue weighted by atomic mass is 127. The van der Waals surface area contributed by atoms with Gasteiger partial charge < -0.3 is 20.3 Å². The molecule has 0 unspecified atom stereocenters. The van der Waals surface area contributed by atoms with Crippen molar-refractivity contribution in [3.63, 3.8) is 0 Å². The van der Waals surface area contributed by atoms with Crippen LogP contribution in [0.2, 0.25) is 0 Å². The number of anilines is 1. The summed E-state index contributed by atoms with van der Waals surface area (Å²) in [6.45, 7) is 7.46. The molecule has 2 N–H and O–H groups in total. The van der Waals surface area contributed by atoms with Gasteiger partial charge in [0, 0.05) is 46.0 Å². The lowest BCUT2D eigenvalue weighted by Gasteiger charge is -2.17. The van der Waals surface area contributed by atoms with Gasteiger partial charge in [-0.3, -0.25) is 4.99 Å². The molecule has 1 aromatic carbocycles. The summed E-state index contributed by atoms with van der Waals surface area (Å²) in [6.07, 6.45) is 1.96. The minimum atomic E-state index is 0. The molecular formula is C21H32IN5O. The second-order valence-electron chi connectivity index (χ2n) is 6.97. The maximum absolute atomic E-state index is 5.95. The minimum absolute atomic E-state index is 0. The number of aliphatic imine (C=N–C) groups is 1. The summed E-state index contributed by atoms with van der Waals surface area (Å²) in [5, 5.41) is 6.70. The van der Waals surface area contributed by atoms with Crippen LogP contribution in [0.5, 0.6) is 5.75 Å². The van der Waals surface area contributed by atoms with Crippen molar-refractivity contribution in [2.75, 3.05) is 26.0 Å². The number of guanidine groups is 1. The molecule has 0 aliphatic rings. The molecule has 6 nitrogen and oxygen atoms in total. The summed E-state index contributed by atoms with van der Waals surface area (Å²) in [4.78, 5) is 10.6. The molecule has 28 heavy (non-hydrogen) atoms. The average molecular weight is 497 g/mol. The van der Waals surface area contributed by atoms with E-state index in [0.29, 0.717) is 13.1 Å². The molecule has 2 aromatic rings. The Balaban J connectivity index is 0.00000392. The Morgan fingerprint density at radius 3 is 2.50 bits per heavy atom. The van der Waals surface area contributed by atoms with Crippen molar-refractivity contribution in [3.05, 3.63) is 53.2 Å². The lowest BCUT2D eigenvalue weighted by molar-refractivity contribution is 0.239. The fraction of sp³-hybridized carbons (Fsp3) is 0.429. The Hall–Kier alpha value is -2.03. The van der Waals surface area contributed by atoms with E-state index in [4.69, 9.17) is 4.74 Å². The molecule has 0 atom stereocenters. The van der Waals surface area contributed by atoms with Gasteiger partial charge in [0.1, 0.15) is 11.6 Å². The highest BCUT2D eigenvalue weighted by molar-refractivity contribution is 14.0. The standard InChI is InChI=1S/C21H31N5O.HI/c1-15(2)27-19-11-16(3)7-8-18(19)14-25-21(22-4)24-13-17-9-10-23-20(12-17)26(5)6;/h7-12,15H,13-14H2,1-6H3,(H2,22,24,25);1H. The lowest BCUT2D eigenvalue weighted by atomic mass is 10.1. The number of nitrogens with zero attached hydrogens (tertiary/aromatic N) is 3. The van der Waals surface area contributed by atoms with Crippen LogP contribution in [0.4, 0.5) is 5.82 Å². The zero-order valence-corrected chi connectivity index (χ0v) is 19.9. The third kappa shape index (κ3) is 7.53. The zero-order valence-electron chi connectivity index (χ0n) is 17.6. The van der Waals surface area contributed by atoms with Crippen molar-refractivity contribution < 1.29 is 4.74 Å². The predicted molar refractivity (Wildman–Crippen MR) is 128 cm³/mol. The van der Waals surface area contributed by atoms with E-state index in [1.807, 2.05) is 45.1 Å². The van der Waals surface area contributed by atoms with Crippen LogP contribution in [-0.4, -0.2) is 38.2 Å². The quantitative estimate of drug-likeness (QED) is 0.347. The van der Waals surface area contributed by atoms with Crippen LogP contribution in [0.3, 0.4) is 0 Å². The number of hydrogen-bond acceptors (Lipinski definition) is 4. The van der Waals surface area contributed by atoms with E-state index in [1.165, 1.54) is 5.56 Å². The van der Waals surface area contributed by atoms with E-state index >= 15 is 0 Å². The molecule has 0 saturated carbocycles. The molecule has 2 rings (SSSR count). The van der Waals surface area contributed by atoms with Crippen LogP contribution < -0.4 is 20.3 Å². The smallest absolute Gasteiger partial charge is 0.191 e. The van der Waals surface area contributed by atoms with Crippen LogP contribution in [0.15, 0.2) is 41.5 Å². The number of aryl methyl sites for hydroxylation is 1. The minimum Gasteiger partial charge on any atom is -0.491 e. The van der Waals surface area contributed by atoms with Crippen molar-refractivity contribution in [1.82, 2.24) is 15.6 Å². The summed E-state index contributed by atoms with van der Waals surface area (Å²) in [5.41, 5.74) is 3.44. The largest absolute Gasteiger partial charge is 0.491 e. The average Bonchev–Trinajstić information content (AvgIpc) is 2.63. The number of benzene rings is 1. The van der Waals surface area contributed by atoms with Gasteiger partial charge in [-0.25, -0.2) is 4.98 Å². The third-order valence-corrected chi connectivity index (χ3v) is 3.98. The van der Waals surface area contributed by atoms with Gasteiger partial charge in [-0.05, 0) is 50.1 Å². The first kappa shape index (κ1) is 24.0. The summed E-state index contributed by atoms with van der Waals surface area (Å²) < 4.78 is 5.95. The molecule has 154 valence electrons. The summed E-state index contributed by atoms with van der Waals surface area (Å²) in [7, 11) is 5.74. The molecule has 0 saturated heterocycles. The number of pyridine rings is 1. The SMILES string of the molecule is CN=C(NCc1ccnc(N(C)C)c1)NCc1ccc(C)cc1OC(C)C.I. The van der Waals surface area contributed by atoms with Crippen LogP contribution >= 0.6 is 24.0 Å². The first-order valence-electron chi connectivity index (χ1n) is 9.22. The van der Waals surface area contributed by atoms with Gasteiger partial charge in [0.05, 0.1) is 6.10 Å². The number of aromatic nitrogens is 1. The van der Waals surface area contributed by atoms with E-state index in [2.05, 4.69) is 51.8 Å². The molecular weight excluding hydrogens is 465 g/mol. The Morgan fingerprint density at radius 2 is 1.86 bits per heavy atom. The van der Waals surface area contributed by atoms with Crippen LogP contribution in [0.1, 0.15) is 30.5 Å². The number of hydrogen-bond donors (Lipinski definition) is 2. The maximum atomic E-state index is 5.95. The van der Waals surface area contributed by atoms with E-state index in [-0.39, 0.29) is 30.1 Å². The second kappa shape index (κ2) is 11.7. The van der Waals surface area contributed by atoms with Crippen LogP contribution in [0.25, 0.3) is 0 Å². The molecule has 0 bridgehead atoms. The summed E-state index contributed by atoms with van der Waals surface area (Å²) in [6, 6.07) is 10.3. The van der Waals surface area contributed by atoms with E-state index in [0.717, 1.165) is 28.7 Å². The van der Waals surface area contributed by atoms with Crippen LogP contribution in [0, 0.1) is 6.92 Å². The number of rotatable bonds is 7. The fourth-order valence-corrected chi connectivity index (χ4v) is 2.57. The van der Waals surface area contributed by atoms with Crippen molar-refractivity contribution >= 4 is 35.8 Å². The zero-order chi connectivity index (χ0) is 19.8. The van der Waals surface area contributed by atoms with E-state index in [1.54, 1.807) is 7.05 Å². The molecule has 0 aliphatic carbocycles. The molecule has 1 heterocycles.